The van der Waals surface area contributed by atoms with E-state index in [2.05, 4.69) is 67.1 Å². The van der Waals surface area contributed by atoms with Crippen molar-refractivity contribution >= 4 is 17.7 Å². The zero-order valence-electron chi connectivity index (χ0n) is 17.4. The Kier molecular flexibility index (Phi) is 7.83. The molecule has 1 N–H and O–H groups in total. The Hall–Kier alpha value is -2.12. The predicted molar refractivity (Wildman–Crippen MR) is 115 cm³/mol. The number of hydrogen-bond acceptors (Lipinski definition) is 5. The number of thioether (sulfide) groups is 1. The molecule has 2 aromatic rings. The highest BCUT2D eigenvalue weighted by Gasteiger charge is 2.21. The molecule has 0 aliphatic rings. The number of nitrogens with zero attached hydrogens (tertiary/aromatic N) is 3. The van der Waals surface area contributed by atoms with Crippen LogP contribution in [-0.2, 0) is 21.5 Å². The molecule has 0 aliphatic carbocycles. The molecule has 6 nitrogen and oxygen atoms in total. The molecular formula is C21H30N4O2S. The number of carbonyl (C=O) groups is 1. The molecular weight excluding hydrogens is 372 g/mol. The van der Waals surface area contributed by atoms with E-state index in [0.29, 0.717) is 24.9 Å². The summed E-state index contributed by atoms with van der Waals surface area (Å²) in [4.78, 5) is 12.2. The van der Waals surface area contributed by atoms with Gasteiger partial charge in [0, 0.05) is 25.8 Å². The summed E-state index contributed by atoms with van der Waals surface area (Å²) in [5.74, 6) is 0.723. The van der Waals surface area contributed by atoms with Crippen molar-refractivity contribution in [3.8, 4) is 11.4 Å². The number of benzene rings is 1. The first-order chi connectivity index (χ1) is 13.3. The van der Waals surface area contributed by atoms with Crippen LogP contribution < -0.4 is 5.32 Å². The Morgan fingerprint density at radius 1 is 1.32 bits per heavy atom. The number of methoxy groups -OCH3 is 1. The molecule has 152 valence electrons. The largest absolute Gasteiger partial charge is 0.383 e. The maximum Gasteiger partial charge on any atom is 0.233 e. The van der Waals surface area contributed by atoms with Gasteiger partial charge in [-0.1, -0.05) is 62.9 Å². The molecule has 0 radical (unpaired) electrons. The first kappa shape index (κ1) is 22.2. The van der Waals surface area contributed by atoms with Gasteiger partial charge in [0.2, 0.25) is 5.91 Å². The molecule has 0 fully saturated rings. The van der Waals surface area contributed by atoms with E-state index in [-0.39, 0.29) is 16.6 Å². The van der Waals surface area contributed by atoms with Crippen molar-refractivity contribution in [1.82, 2.24) is 20.1 Å². The summed E-state index contributed by atoms with van der Waals surface area (Å²) in [5, 5.41) is 12.0. The number of aromatic nitrogens is 3. The van der Waals surface area contributed by atoms with E-state index in [4.69, 9.17) is 4.74 Å². The maximum atomic E-state index is 12.2. The number of amides is 1. The van der Waals surface area contributed by atoms with E-state index in [9.17, 15) is 4.79 Å². The molecule has 1 aromatic heterocycles. The summed E-state index contributed by atoms with van der Waals surface area (Å²) in [5.41, 5.74) is 2.35. The molecule has 7 heteroatoms. The van der Waals surface area contributed by atoms with Crippen LogP contribution in [0, 0.1) is 0 Å². The fraction of sp³-hybridized carbons (Fsp3) is 0.476. The normalized spacial score (nSPS) is 12.6. The lowest BCUT2D eigenvalue weighted by Gasteiger charge is -2.19. The molecule has 0 aliphatic heterocycles. The second kappa shape index (κ2) is 9.89. The second-order valence-corrected chi connectivity index (χ2v) is 8.88. The summed E-state index contributed by atoms with van der Waals surface area (Å²) in [6.45, 7) is 13.8. The third-order valence-electron chi connectivity index (χ3n) is 4.29. The summed E-state index contributed by atoms with van der Waals surface area (Å²) in [6, 6.07) is 8.39. The van der Waals surface area contributed by atoms with Gasteiger partial charge in [-0.15, -0.1) is 16.8 Å². The van der Waals surface area contributed by atoms with E-state index in [1.165, 1.54) is 17.3 Å². The lowest BCUT2D eigenvalue weighted by molar-refractivity contribution is -0.120. The van der Waals surface area contributed by atoms with Crippen LogP contribution in [0.5, 0.6) is 0 Å². The molecule has 0 saturated heterocycles. The third kappa shape index (κ3) is 5.69. The van der Waals surface area contributed by atoms with Crippen LogP contribution in [0.4, 0.5) is 0 Å². The molecule has 1 atom stereocenters. The number of ether oxygens (including phenoxy) is 1. The number of allylic oxidation sites excluding steroid dienone is 1. The molecule has 1 aromatic carbocycles. The average molecular weight is 403 g/mol. The van der Waals surface area contributed by atoms with Gasteiger partial charge in [-0.2, -0.15) is 0 Å². The van der Waals surface area contributed by atoms with Crippen LogP contribution in [-0.4, -0.2) is 46.2 Å². The Morgan fingerprint density at radius 3 is 2.57 bits per heavy atom. The molecule has 0 unspecified atom stereocenters. The Labute approximate surface area is 171 Å². The van der Waals surface area contributed by atoms with Crippen LogP contribution in [0.1, 0.15) is 33.3 Å². The van der Waals surface area contributed by atoms with Crippen LogP contribution in [0.2, 0.25) is 0 Å². The minimum Gasteiger partial charge on any atom is -0.383 e. The van der Waals surface area contributed by atoms with Crippen LogP contribution in [0.15, 0.2) is 42.1 Å². The molecule has 1 heterocycles. The van der Waals surface area contributed by atoms with Gasteiger partial charge < -0.3 is 10.1 Å². The average Bonchev–Trinajstić information content (AvgIpc) is 3.04. The van der Waals surface area contributed by atoms with Gasteiger partial charge in [-0.05, 0) is 17.9 Å². The fourth-order valence-corrected chi connectivity index (χ4v) is 3.52. The molecule has 2 rings (SSSR count). The highest BCUT2D eigenvalue weighted by atomic mass is 32.2. The summed E-state index contributed by atoms with van der Waals surface area (Å²) in [6.07, 6.45) is 1.81. The van der Waals surface area contributed by atoms with Gasteiger partial charge in [0.05, 0.1) is 11.9 Å². The van der Waals surface area contributed by atoms with E-state index >= 15 is 0 Å². The highest BCUT2D eigenvalue weighted by molar-refractivity contribution is 8.00. The Bertz CT molecular complexity index is 794. The van der Waals surface area contributed by atoms with Crippen molar-refractivity contribution in [3.63, 3.8) is 0 Å². The number of rotatable bonds is 9. The van der Waals surface area contributed by atoms with Crippen LogP contribution in [0.25, 0.3) is 11.4 Å². The molecule has 0 bridgehead atoms. The standard InChI is InChI=1S/C21H30N4O2S/c1-7-13-25-18(16-8-10-17(11-9-16)21(3,4)5)23-24-20(25)28-15(2)19(26)22-12-14-27-6/h7-11,15H,1,12-14H2,2-6H3,(H,22,26)/t15-/m1/s1. The lowest BCUT2D eigenvalue weighted by Crippen LogP contribution is -2.33. The van der Waals surface area contributed by atoms with Crippen molar-refractivity contribution in [2.45, 2.75) is 50.1 Å². The van der Waals surface area contributed by atoms with Crippen molar-refractivity contribution in [1.29, 1.82) is 0 Å². The summed E-state index contributed by atoms with van der Waals surface area (Å²) >= 11 is 1.39. The van der Waals surface area contributed by atoms with Crippen molar-refractivity contribution in [3.05, 3.63) is 42.5 Å². The lowest BCUT2D eigenvalue weighted by atomic mass is 9.87. The van der Waals surface area contributed by atoms with Crippen LogP contribution >= 0.6 is 11.8 Å². The fourth-order valence-electron chi connectivity index (χ4n) is 2.63. The van der Waals surface area contributed by atoms with Crippen molar-refractivity contribution in [2.24, 2.45) is 0 Å². The Balaban J connectivity index is 2.21. The van der Waals surface area contributed by atoms with Gasteiger partial charge in [0.15, 0.2) is 11.0 Å². The zero-order valence-corrected chi connectivity index (χ0v) is 18.2. The van der Waals surface area contributed by atoms with E-state index < -0.39 is 0 Å². The predicted octanol–water partition coefficient (Wildman–Crippen LogP) is 3.67. The number of nitrogens with one attached hydrogen (secondary N) is 1. The van der Waals surface area contributed by atoms with Gasteiger partial charge in [-0.25, -0.2) is 0 Å². The van der Waals surface area contributed by atoms with Gasteiger partial charge in [0.1, 0.15) is 0 Å². The number of carbonyl (C=O) groups excluding carboxylic acids is 1. The minimum atomic E-state index is -0.291. The first-order valence-corrected chi connectivity index (χ1v) is 10.2. The van der Waals surface area contributed by atoms with Gasteiger partial charge in [0.25, 0.3) is 0 Å². The van der Waals surface area contributed by atoms with Gasteiger partial charge in [-0.3, -0.25) is 9.36 Å². The molecule has 0 spiro atoms. The number of hydrogen-bond donors (Lipinski definition) is 1. The quantitative estimate of drug-likeness (QED) is 0.394. The van der Waals surface area contributed by atoms with E-state index in [0.717, 1.165) is 11.4 Å². The van der Waals surface area contributed by atoms with E-state index in [1.54, 1.807) is 7.11 Å². The third-order valence-corrected chi connectivity index (χ3v) is 5.37. The smallest absolute Gasteiger partial charge is 0.233 e. The Morgan fingerprint density at radius 2 is 2.00 bits per heavy atom. The zero-order chi connectivity index (χ0) is 20.7. The first-order valence-electron chi connectivity index (χ1n) is 9.36. The second-order valence-electron chi connectivity index (χ2n) is 7.58. The van der Waals surface area contributed by atoms with E-state index in [1.807, 2.05) is 17.6 Å². The maximum absolute atomic E-state index is 12.2. The highest BCUT2D eigenvalue weighted by Crippen LogP contribution is 2.29. The topological polar surface area (TPSA) is 69.0 Å². The monoisotopic (exact) mass is 402 g/mol. The molecule has 1 amide bonds. The molecule has 0 saturated carbocycles. The summed E-state index contributed by atoms with van der Waals surface area (Å²) in [7, 11) is 1.61. The van der Waals surface area contributed by atoms with Gasteiger partial charge >= 0.3 is 0 Å². The molecule has 28 heavy (non-hydrogen) atoms. The van der Waals surface area contributed by atoms with Crippen LogP contribution in [0.3, 0.4) is 0 Å². The minimum absolute atomic E-state index is 0.0497. The summed E-state index contributed by atoms with van der Waals surface area (Å²) < 4.78 is 6.95. The SMILES string of the molecule is C=CCn1c(S[C@H](C)C(=O)NCCOC)nnc1-c1ccc(C(C)(C)C)cc1. The van der Waals surface area contributed by atoms with Crippen molar-refractivity contribution < 1.29 is 9.53 Å². The van der Waals surface area contributed by atoms with Crippen molar-refractivity contribution in [2.75, 3.05) is 20.3 Å².